The van der Waals surface area contributed by atoms with Crippen LogP contribution in [0.3, 0.4) is 0 Å². The van der Waals surface area contributed by atoms with Gasteiger partial charge in [0.2, 0.25) is 0 Å². The van der Waals surface area contributed by atoms with Crippen molar-refractivity contribution in [1.82, 2.24) is 19.8 Å². The first-order valence-electron chi connectivity index (χ1n) is 9.68. The van der Waals surface area contributed by atoms with Gasteiger partial charge in [-0.05, 0) is 31.5 Å². The van der Waals surface area contributed by atoms with Crippen LogP contribution in [0.4, 0.5) is 0 Å². The Balaban J connectivity index is 1.69. The summed E-state index contributed by atoms with van der Waals surface area (Å²) in [5.41, 5.74) is 3.57. The maximum atomic E-state index is 12.7. The molecular weight excluding hydrogens is 340 g/mol. The van der Waals surface area contributed by atoms with Gasteiger partial charge in [0.15, 0.2) is 0 Å². The van der Waals surface area contributed by atoms with E-state index in [1.807, 2.05) is 42.2 Å². The normalized spacial score (nSPS) is 15.1. The highest BCUT2D eigenvalue weighted by Crippen LogP contribution is 2.20. The number of carbonyl (C=O) groups is 1. The molecule has 2 aromatic rings. The molecule has 6 nitrogen and oxygen atoms in total. The number of aliphatic hydroxyl groups is 1. The van der Waals surface area contributed by atoms with E-state index in [1.54, 1.807) is 0 Å². The third-order valence-corrected chi connectivity index (χ3v) is 4.88. The summed E-state index contributed by atoms with van der Waals surface area (Å²) in [7, 11) is 0. The van der Waals surface area contributed by atoms with Crippen LogP contribution < -0.4 is 0 Å². The van der Waals surface area contributed by atoms with Crippen molar-refractivity contribution in [3.8, 4) is 11.3 Å². The summed E-state index contributed by atoms with van der Waals surface area (Å²) < 4.78 is 0. The number of amides is 1. The van der Waals surface area contributed by atoms with Crippen molar-refractivity contribution in [2.24, 2.45) is 0 Å². The summed E-state index contributed by atoms with van der Waals surface area (Å²) in [4.78, 5) is 25.9. The molecule has 0 radical (unpaired) electrons. The third kappa shape index (κ3) is 4.90. The van der Waals surface area contributed by atoms with Gasteiger partial charge in [0, 0.05) is 56.0 Å². The van der Waals surface area contributed by atoms with Crippen LogP contribution in [0.15, 0.2) is 30.3 Å². The van der Waals surface area contributed by atoms with Gasteiger partial charge in [-0.3, -0.25) is 9.69 Å². The number of rotatable bonds is 6. The molecule has 1 aliphatic heterocycles. The van der Waals surface area contributed by atoms with E-state index in [4.69, 9.17) is 5.11 Å². The van der Waals surface area contributed by atoms with Gasteiger partial charge in [0.1, 0.15) is 5.82 Å². The van der Waals surface area contributed by atoms with Gasteiger partial charge in [-0.1, -0.05) is 19.1 Å². The number of hydrogen-bond acceptors (Lipinski definition) is 5. The van der Waals surface area contributed by atoms with E-state index in [-0.39, 0.29) is 12.5 Å². The fraction of sp³-hybridized carbons (Fsp3) is 0.476. The molecule has 1 aliphatic rings. The number of aromatic nitrogens is 2. The van der Waals surface area contributed by atoms with Crippen LogP contribution in [-0.4, -0.2) is 70.1 Å². The molecule has 1 N–H and O–H groups in total. The summed E-state index contributed by atoms with van der Waals surface area (Å²) in [6.45, 7) is 7.97. The zero-order valence-electron chi connectivity index (χ0n) is 16.2. The highest BCUT2D eigenvalue weighted by Gasteiger charge is 2.21. The average molecular weight is 368 g/mol. The predicted octanol–water partition coefficient (Wildman–Crippen LogP) is 2.15. The van der Waals surface area contributed by atoms with Gasteiger partial charge >= 0.3 is 0 Å². The summed E-state index contributed by atoms with van der Waals surface area (Å²) in [5, 5.41) is 9.02. The van der Waals surface area contributed by atoms with Crippen molar-refractivity contribution < 1.29 is 9.90 Å². The number of carbonyl (C=O) groups excluding carboxylic acids is 1. The SMILES string of the molecule is CCCc1nc(C)cc(-c2ccc(C(=O)N3CCN(CCO)CC3)cc2)n1. The lowest BCUT2D eigenvalue weighted by atomic mass is 10.1. The fourth-order valence-corrected chi connectivity index (χ4v) is 3.40. The van der Waals surface area contributed by atoms with Crippen molar-refractivity contribution in [1.29, 1.82) is 0 Å². The van der Waals surface area contributed by atoms with E-state index in [0.29, 0.717) is 25.2 Å². The molecule has 6 heteroatoms. The average Bonchev–Trinajstić information content (AvgIpc) is 2.68. The molecule has 1 aromatic carbocycles. The fourth-order valence-electron chi connectivity index (χ4n) is 3.40. The lowest BCUT2D eigenvalue weighted by Gasteiger charge is -2.34. The Kier molecular flexibility index (Phi) is 6.53. The second kappa shape index (κ2) is 9.06. The summed E-state index contributed by atoms with van der Waals surface area (Å²) in [6, 6.07) is 9.68. The van der Waals surface area contributed by atoms with Gasteiger partial charge in [-0.2, -0.15) is 0 Å². The lowest BCUT2D eigenvalue weighted by Crippen LogP contribution is -2.49. The lowest BCUT2D eigenvalue weighted by molar-refractivity contribution is 0.0615. The monoisotopic (exact) mass is 368 g/mol. The first kappa shape index (κ1) is 19.5. The second-order valence-electron chi connectivity index (χ2n) is 7.00. The molecule has 1 aromatic heterocycles. The minimum absolute atomic E-state index is 0.0655. The van der Waals surface area contributed by atoms with E-state index < -0.39 is 0 Å². The molecule has 0 bridgehead atoms. The predicted molar refractivity (Wildman–Crippen MR) is 106 cm³/mol. The highest BCUT2D eigenvalue weighted by molar-refractivity contribution is 5.94. The second-order valence-corrected chi connectivity index (χ2v) is 7.00. The molecule has 0 spiro atoms. The molecule has 1 fully saturated rings. The molecule has 0 saturated carbocycles. The zero-order chi connectivity index (χ0) is 19.2. The van der Waals surface area contributed by atoms with Gasteiger partial charge in [0.05, 0.1) is 12.3 Å². The summed E-state index contributed by atoms with van der Waals surface area (Å²) in [5.74, 6) is 0.934. The Labute approximate surface area is 160 Å². The number of hydrogen-bond donors (Lipinski definition) is 1. The molecule has 0 atom stereocenters. The van der Waals surface area contributed by atoms with Crippen molar-refractivity contribution in [2.45, 2.75) is 26.7 Å². The van der Waals surface area contributed by atoms with Crippen LogP contribution in [0.5, 0.6) is 0 Å². The van der Waals surface area contributed by atoms with E-state index in [0.717, 1.165) is 48.7 Å². The Morgan fingerprint density at radius 1 is 1.11 bits per heavy atom. The summed E-state index contributed by atoms with van der Waals surface area (Å²) >= 11 is 0. The number of nitrogens with zero attached hydrogens (tertiary/aromatic N) is 4. The number of benzene rings is 1. The maximum Gasteiger partial charge on any atom is 0.253 e. The minimum Gasteiger partial charge on any atom is -0.395 e. The van der Waals surface area contributed by atoms with Crippen LogP contribution >= 0.6 is 0 Å². The van der Waals surface area contributed by atoms with Gasteiger partial charge < -0.3 is 10.0 Å². The molecule has 0 aliphatic carbocycles. The topological polar surface area (TPSA) is 69.6 Å². The molecule has 144 valence electrons. The first-order valence-corrected chi connectivity index (χ1v) is 9.68. The molecule has 0 unspecified atom stereocenters. The van der Waals surface area contributed by atoms with Crippen molar-refractivity contribution >= 4 is 5.91 Å². The minimum atomic E-state index is 0.0655. The van der Waals surface area contributed by atoms with Crippen molar-refractivity contribution in [3.05, 3.63) is 47.4 Å². The van der Waals surface area contributed by atoms with Crippen LogP contribution in [0.25, 0.3) is 11.3 Å². The highest BCUT2D eigenvalue weighted by atomic mass is 16.3. The number of β-amino-alcohol motifs (C(OH)–C–C–N with tert-alkyl or cyclic N) is 1. The Hall–Kier alpha value is -2.31. The van der Waals surface area contributed by atoms with Crippen LogP contribution in [0, 0.1) is 6.92 Å². The number of piperazine rings is 1. The standard InChI is InChI=1S/C21H28N4O2/c1-3-4-20-22-16(2)15-19(23-20)17-5-7-18(8-6-17)21(27)25-11-9-24(10-12-25)13-14-26/h5-8,15,26H,3-4,9-14H2,1-2H3. The molecule has 27 heavy (non-hydrogen) atoms. The molecule has 1 amide bonds. The van der Waals surface area contributed by atoms with Crippen LogP contribution in [-0.2, 0) is 6.42 Å². The summed E-state index contributed by atoms with van der Waals surface area (Å²) in [6.07, 6.45) is 1.88. The zero-order valence-corrected chi connectivity index (χ0v) is 16.2. The molecule has 2 heterocycles. The Morgan fingerprint density at radius 2 is 1.81 bits per heavy atom. The van der Waals surface area contributed by atoms with E-state index in [1.165, 1.54) is 0 Å². The van der Waals surface area contributed by atoms with E-state index in [9.17, 15) is 4.79 Å². The van der Waals surface area contributed by atoms with E-state index >= 15 is 0 Å². The molecular formula is C21H28N4O2. The molecule has 3 rings (SSSR count). The van der Waals surface area contributed by atoms with Gasteiger partial charge in [-0.15, -0.1) is 0 Å². The maximum absolute atomic E-state index is 12.7. The van der Waals surface area contributed by atoms with Gasteiger partial charge in [0.25, 0.3) is 5.91 Å². The number of aryl methyl sites for hydroxylation is 2. The quantitative estimate of drug-likeness (QED) is 0.846. The van der Waals surface area contributed by atoms with E-state index in [2.05, 4.69) is 21.8 Å². The molecule has 1 saturated heterocycles. The van der Waals surface area contributed by atoms with Crippen molar-refractivity contribution in [2.75, 3.05) is 39.3 Å². The smallest absolute Gasteiger partial charge is 0.253 e. The Bertz CT molecular complexity index is 768. The van der Waals surface area contributed by atoms with Crippen molar-refractivity contribution in [3.63, 3.8) is 0 Å². The Morgan fingerprint density at radius 3 is 2.44 bits per heavy atom. The van der Waals surface area contributed by atoms with Crippen LogP contribution in [0.2, 0.25) is 0 Å². The number of aliphatic hydroxyl groups excluding tert-OH is 1. The third-order valence-electron chi connectivity index (χ3n) is 4.88. The van der Waals surface area contributed by atoms with Gasteiger partial charge in [-0.25, -0.2) is 9.97 Å². The largest absolute Gasteiger partial charge is 0.395 e. The first-order chi connectivity index (χ1) is 13.1. The van der Waals surface area contributed by atoms with Crippen LogP contribution in [0.1, 0.15) is 35.2 Å².